The minimum Gasteiger partial charge on any atom is -0.399 e. The number of hydrogen-bond donors (Lipinski definition) is 1. The van der Waals surface area contributed by atoms with Gasteiger partial charge in [0.05, 0.1) is 5.54 Å². The molecule has 1 aromatic heterocycles. The second kappa shape index (κ2) is 4.33. The van der Waals surface area contributed by atoms with Crippen LogP contribution in [-0.4, -0.2) is 20.2 Å². The van der Waals surface area contributed by atoms with Gasteiger partial charge in [0.1, 0.15) is 0 Å². The summed E-state index contributed by atoms with van der Waals surface area (Å²) < 4.78 is 1.98. The quantitative estimate of drug-likeness (QED) is 0.839. The lowest BCUT2D eigenvalue weighted by molar-refractivity contribution is 0.292. The van der Waals surface area contributed by atoms with E-state index in [1.807, 2.05) is 23.7 Å². The van der Waals surface area contributed by atoms with Crippen LogP contribution < -0.4 is 5.73 Å². The standard InChI is InChI=1S/C14H19N5/c1-10-7-11(9-12(15)8-10)13-16-17-18-19(13)14(2)5-3-4-6-14/h7-9H,3-6,15H2,1-2H3. The average Bonchev–Trinajstić information content (AvgIpc) is 2.96. The average molecular weight is 257 g/mol. The van der Waals surface area contributed by atoms with E-state index in [0.717, 1.165) is 35.5 Å². The van der Waals surface area contributed by atoms with Gasteiger partial charge in [-0.25, -0.2) is 4.68 Å². The first-order valence-corrected chi connectivity index (χ1v) is 6.75. The molecule has 2 N–H and O–H groups in total. The molecule has 0 unspecified atom stereocenters. The maximum atomic E-state index is 5.92. The minimum atomic E-state index is 0.0390. The van der Waals surface area contributed by atoms with Crippen LogP contribution in [0.1, 0.15) is 38.2 Å². The lowest BCUT2D eigenvalue weighted by atomic mass is 10.00. The molecule has 1 aliphatic carbocycles. The van der Waals surface area contributed by atoms with Crippen LogP contribution in [0.2, 0.25) is 0 Å². The minimum absolute atomic E-state index is 0.0390. The third kappa shape index (κ3) is 2.09. The summed E-state index contributed by atoms with van der Waals surface area (Å²) in [4.78, 5) is 0. The van der Waals surface area contributed by atoms with Gasteiger partial charge in [0.2, 0.25) is 0 Å². The summed E-state index contributed by atoms with van der Waals surface area (Å²) in [5, 5.41) is 12.3. The van der Waals surface area contributed by atoms with E-state index < -0.39 is 0 Å². The van der Waals surface area contributed by atoms with E-state index in [-0.39, 0.29) is 5.54 Å². The molecule has 2 aromatic rings. The number of tetrazole rings is 1. The maximum Gasteiger partial charge on any atom is 0.182 e. The predicted octanol–water partition coefficient (Wildman–Crippen LogP) is 2.52. The smallest absolute Gasteiger partial charge is 0.182 e. The highest BCUT2D eigenvalue weighted by atomic mass is 15.6. The van der Waals surface area contributed by atoms with Gasteiger partial charge in [0.15, 0.2) is 5.82 Å². The van der Waals surface area contributed by atoms with Gasteiger partial charge < -0.3 is 5.73 Å². The molecule has 19 heavy (non-hydrogen) atoms. The molecule has 0 spiro atoms. The van der Waals surface area contributed by atoms with Gasteiger partial charge in [0, 0.05) is 11.3 Å². The second-order valence-electron chi connectivity index (χ2n) is 5.75. The highest BCUT2D eigenvalue weighted by Crippen LogP contribution is 2.37. The molecule has 1 aliphatic rings. The van der Waals surface area contributed by atoms with Crippen molar-refractivity contribution in [3.8, 4) is 11.4 Å². The Labute approximate surface area is 112 Å². The van der Waals surface area contributed by atoms with E-state index in [0.29, 0.717) is 0 Å². The number of aromatic nitrogens is 4. The predicted molar refractivity (Wildman–Crippen MR) is 74.5 cm³/mol. The van der Waals surface area contributed by atoms with E-state index >= 15 is 0 Å². The van der Waals surface area contributed by atoms with E-state index in [1.54, 1.807) is 0 Å². The first-order chi connectivity index (χ1) is 9.08. The van der Waals surface area contributed by atoms with Crippen LogP contribution in [0.5, 0.6) is 0 Å². The van der Waals surface area contributed by atoms with Crippen molar-refractivity contribution in [1.29, 1.82) is 0 Å². The lowest BCUT2D eigenvalue weighted by Crippen LogP contribution is -2.28. The van der Waals surface area contributed by atoms with E-state index in [9.17, 15) is 0 Å². The number of aryl methyl sites for hydroxylation is 1. The van der Waals surface area contributed by atoms with Gasteiger partial charge in [-0.2, -0.15) is 0 Å². The molecular formula is C14H19N5. The second-order valence-corrected chi connectivity index (χ2v) is 5.75. The van der Waals surface area contributed by atoms with Gasteiger partial charge in [-0.05, 0) is 60.9 Å². The number of hydrogen-bond acceptors (Lipinski definition) is 4. The Balaban J connectivity index is 2.09. The normalized spacial score (nSPS) is 17.8. The fraction of sp³-hybridized carbons (Fsp3) is 0.500. The molecular weight excluding hydrogens is 238 g/mol. The molecule has 5 nitrogen and oxygen atoms in total. The Kier molecular flexibility index (Phi) is 2.77. The molecule has 3 rings (SSSR count). The topological polar surface area (TPSA) is 69.6 Å². The molecule has 1 saturated carbocycles. The first-order valence-electron chi connectivity index (χ1n) is 6.75. The summed E-state index contributed by atoms with van der Waals surface area (Å²) >= 11 is 0. The third-order valence-electron chi connectivity index (χ3n) is 4.02. The van der Waals surface area contributed by atoms with Gasteiger partial charge in [0.25, 0.3) is 0 Å². The molecule has 0 saturated heterocycles. The maximum absolute atomic E-state index is 5.92. The molecule has 0 aliphatic heterocycles. The van der Waals surface area contributed by atoms with Crippen molar-refractivity contribution in [3.05, 3.63) is 23.8 Å². The van der Waals surface area contributed by atoms with Crippen LogP contribution in [0.15, 0.2) is 18.2 Å². The molecule has 0 atom stereocenters. The molecule has 0 radical (unpaired) electrons. The van der Waals surface area contributed by atoms with Gasteiger partial charge in [-0.1, -0.05) is 12.8 Å². The number of benzene rings is 1. The van der Waals surface area contributed by atoms with Crippen molar-refractivity contribution in [3.63, 3.8) is 0 Å². The lowest BCUT2D eigenvalue weighted by Gasteiger charge is -2.24. The van der Waals surface area contributed by atoms with Crippen molar-refractivity contribution >= 4 is 5.69 Å². The molecule has 100 valence electrons. The zero-order valence-corrected chi connectivity index (χ0v) is 11.4. The van der Waals surface area contributed by atoms with Crippen molar-refractivity contribution in [2.24, 2.45) is 0 Å². The molecule has 1 aromatic carbocycles. The largest absolute Gasteiger partial charge is 0.399 e. The Morgan fingerprint density at radius 3 is 2.63 bits per heavy atom. The highest BCUT2D eigenvalue weighted by Gasteiger charge is 2.34. The molecule has 5 heteroatoms. The van der Waals surface area contributed by atoms with Crippen LogP contribution in [-0.2, 0) is 5.54 Å². The summed E-state index contributed by atoms with van der Waals surface area (Å²) in [6.45, 7) is 4.27. The Bertz CT molecular complexity index is 575. The summed E-state index contributed by atoms with van der Waals surface area (Å²) in [5.41, 5.74) is 8.84. The van der Waals surface area contributed by atoms with Crippen molar-refractivity contribution < 1.29 is 0 Å². The fourth-order valence-corrected chi connectivity index (χ4v) is 3.02. The van der Waals surface area contributed by atoms with Crippen molar-refractivity contribution in [2.75, 3.05) is 5.73 Å². The Morgan fingerprint density at radius 1 is 1.21 bits per heavy atom. The number of nitrogen functional groups attached to an aromatic ring is 1. The van der Waals surface area contributed by atoms with Crippen molar-refractivity contribution in [1.82, 2.24) is 20.2 Å². The van der Waals surface area contributed by atoms with Crippen LogP contribution in [0, 0.1) is 6.92 Å². The van der Waals surface area contributed by atoms with Crippen LogP contribution in [0.3, 0.4) is 0 Å². The first kappa shape index (κ1) is 12.1. The molecule has 0 bridgehead atoms. The fourth-order valence-electron chi connectivity index (χ4n) is 3.02. The number of anilines is 1. The third-order valence-corrected chi connectivity index (χ3v) is 4.02. The highest BCUT2D eigenvalue weighted by molar-refractivity contribution is 5.62. The van der Waals surface area contributed by atoms with Gasteiger partial charge in [-0.3, -0.25) is 0 Å². The zero-order chi connectivity index (χ0) is 13.5. The summed E-state index contributed by atoms with van der Waals surface area (Å²) in [7, 11) is 0. The van der Waals surface area contributed by atoms with Gasteiger partial charge >= 0.3 is 0 Å². The summed E-state index contributed by atoms with van der Waals surface area (Å²) in [5.74, 6) is 0.819. The number of rotatable bonds is 2. The number of nitrogens with two attached hydrogens (primary N) is 1. The SMILES string of the molecule is Cc1cc(N)cc(-c2nnnn2C2(C)CCCC2)c1. The molecule has 1 fully saturated rings. The zero-order valence-electron chi connectivity index (χ0n) is 11.4. The van der Waals surface area contributed by atoms with Crippen LogP contribution in [0.25, 0.3) is 11.4 Å². The van der Waals surface area contributed by atoms with E-state index in [1.165, 1.54) is 12.8 Å². The van der Waals surface area contributed by atoms with E-state index in [2.05, 4.69) is 28.5 Å². The summed E-state index contributed by atoms with van der Waals surface area (Å²) in [6.07, 6.45) is 4.75. The van der Waals surface area contributed by atoms with Crippen LogP contribution in [0.4, 0.5) is 5.69 Å². The van der Waals surface area contributed by atoms with Crippen molar-refractivity contribution in [2.45, 2.75) is 45.1 Å². The molecule has 1 heterocycles. The number of nitrogens with zero attached hydrogens (tertiary/aromatic N) is 4. The Hall–Kier alpha value is -1.91. The van der Waals surface area contributed by atoms with Crippen LogP contribution >= 0.6 is 0 Å². The van der Waals surface area contributed by atoms with Gasteiger partial charge in [-0.15, -0.1) is 5.10 Å². The Morgan fingerprint density at radius 2 is 1.95 bits per heavy atom. The van der Waals surface area contributed by atoms with E-state index in [4.69, 9.17) is 5.73 Å². The summed E-state index contributed by atoms with van der Waals surface area (Å²) in [6, 6.07) is 5.97. The monoisotopic (exact) mass is 257 g/mol. The molecule has 0 amide bonds.